The second-order valence-corrected chi connectivity index (χ2v) is 11.5. The predicted molar refractivity (Wildman–Crippen MR) is 145 cm³/mol. The molecule has 1 aliphatic carbocycles. The standard InChI is InChI=1S/C31H36N2O7/c1-31(2)33(29(36)37)26(16-21-11-7-4-8-12-21)27(40-31)18-22-17-24(34)13-14-25(22)28(35)32-23(19-39-30(32)38)15-20-9-5-3-6-10-20/h3-12,22-23,25-27H,13-19H2,1-2H3,(H,36,37). The van der Waals surface area contributed by atoms with Gasteiger partial charge in [-0.3, -0.25) is 14.5 Å². The van der Waals surface area contributed by atoms with Gasteiger partial charge < -0.3 is 14.6 Å². The van der Waals surface area contributed by atoms with E-state index in [0.717, 1.165) is 11.1 Å². The van der Waals surface area contributed by atoms with Crippen molar-refractivity contribution in [2.45, 2.75) is 76.3 Å². The van der Waals surface area contributed by atoms with E-state index in [1.807, 2.05) is 60.7 Å². The highest BCUT2D eigenvalue weighted by atomic mass is 16.6. The van der Waals surface area contributed by atoms with Crippen LogP contribution in [-0.2, 0) is 31.9 Å². The van der Waals surface area contributed by atoms with Crippen LogP contribution in [0.25, 0.3) is 0 Å². The first-order valence-corrected chi connectivity index (χ1v) is 13.9. The van der Waals surface area contributed by atoms with Gasteiger partial charge in [-0.05, 0) is 56.6 Å². The van der Waals surface area contributed by atoms with Gasteiger partial charge in [0, 0.05) is 18.8 Å². The Morgan fingerprint density at radius 3 is 2.23 bits per heavy atom. The summed E-state index contributed by atoms with van der Waals surface area (Å²) in [5.41, 5.74) is 0.896. The second kappa shape index (κ2) is 11.4. The van der Waals surface area contributed by atoms with E-state index in [1.165, 1.54) is 9.80 Å². The Morgan fingerprint density at radius 2 is 1.60 bits per heavy atom. The highest BCUT2D eigenvalue weighted by Gasteiger charge is 2.52. The van der Waals surface area contributed by atoms with Gasteiger partial charge in [-0.1, -0.05) is 60.7 Å². The summed E-state index contributed by atoms with van der Waals surface area (Å²) in [6.45, 7) is 3.58. The number of nitrogens with zero attached hydrogens (tertiary/aromatic N) is 2. The molecule has 3 fully saturated rings. The molecule has 0 bridgehead atoms. The number of benzene rings is 2. The number of carbonyl (C=O) groups excluding carboxylic acids is 3. The monoisotopic (exact) mass is 548 g/mol. The van der Waals surface area contributed by atoms with E-state index >= 15 is 0 Å². The lowest BCUT2D eigenvalue weighted by Gasteiger charge is -2.35. The number of hydrogen-bond donors (Lipinski definition) is 1. The highest BCUT2D eigenvalue weighted by molar-refractivity contribution is 5.96. The number of carboxylic acid groups (broad SMARTS) is 1. The van der Waals surface area contributed by atoms with Crippen LogP contribution < -0.4 is 0 Å². The van der Waals surface area contributed by atoms with Crippen molar-refractivity contribution in [2.24, 2.45) is 11.8 Å². The van der Waals surface area contributed by atoms with Gasteiger partial charge in [0.15, 0.2) is 0 Å². The zero-order chi connectivity index (χ0) is 28.4. The molecule has 2 aliphatic heterocycles. The third-order valence-corrected chi connectivity index (χ3v) is 8.43. The van der Waals surface area contributed by atoms with Gasteiger partial charge >= 0.3 is 12.2 Å². The van der Waals surface area contributed by atoms with E-state index in [-0.39, 0.29) is 37.1 Å². The quantitative estimate of drug-likeness (QED) is 0.535. The lowest BCUT2D eigenvalue weighted by molar-refractivity contribution is -0.139. The zero-order valence-corrected chi connectivity index (χ0v) is 22.9. The lowest BCUT2D eigenvalue weighted by Crippen LogP contribution is -2.49. The summed E-state index contributed by atoms with van der Waals surface area (Å²) in [5, 5.41) is 10.1. The molecule has 0 aromatic heterocycles. The smallest absolute Gasteiger partial charge is 0.416 e. The average molecular weight is 549 g/mol. The van der Waals surface area contributed by atoms with Gasteiger partial charge in [0.2, 0.25) is 5.91 Å². The molecule has 5 rings (SSSR count). The van der Waals surface area contributed by atoms with Crippen LogP contribution >= 0.6 is 0 Å². The van der Waals surface area contributed by atoms with E-state index in [4.69, 9.17) is 9.47 Å². The van der Waals surface area contributed by atoms with Crippen molar-refractivity contribution in [1.29, 1.82) is 0 Å². The molecule has 0 radical (unpaired) electrons. The van der Waals surface area contributed by atoms with E-state index in [2.05, 4.69) is 0 Å². The number of carbonyl (C=O) groups is 4. The van der Waals surface area contributed by atoms with Crippen LogP contribution in [0.3, 0.4) is 0 Å². The Morgan fingerprint density at radius 1 is 0.975 bits per heavy atom. The van der Waals surface area contributed by atoms with Crippen LogP contribution in [0.4, 0.5) is 9.59 Å². The third-order valence-electron chi connectivity index (χ3n) is 8.43. The van der Waals surface area contributed by atoms with Gasteiger partial charge in [0.05, 0.1) is 18.2 Å². The Hall–Kier alpha value is -3.72. The van der Waals surface area contributed by atoms with E-state index < -0.39 is 42.0 Å². The molecule has 9 nitrogen and oxygen atoms in total. The zero-order valence-electron chi connectivity index (χ0n) is 22.9. The van der Waals surface area contributed by atoms with Gasteiger partial charge in [0.1, 0.15) is 18.1 Å². The molecule has 40 heavy (non-hydrogen) atoms. The summed E-state index contributed by atoms with van der Waals surface area (Å²) in [4.78, 5) is 54.3. The van der Waals surface area contributed by atoms with Crippen LogP contribution in [-0.4, -0.2) is 69.3 Å². The van der Waals surface area contributed by atoms with Crippen molar-refractivity contribution >= 4 is 23.9 Å². The Kier molecular flexibility index (Phi) is 7.94. The number of cyclic esters (lactones) is 1. The Bertz CT molecular complexity index is 1250. The predicted octanol–water partition coefficient (Wildman–Crippen LogP) is 4.68. The van der Waals surface area contributed by atoms with Crippen LogP contribution in [0.1, 0.15) is 50.7 Å². The summed E-state index contributed by atoms with van der Waals surface area (Å²) in [7, 11) is 0. The number of imide groups is 1. The molecule has 1 saturated carbocycles. The minimum absolute atomic E-state index is 0.0610. The maximum atomic E-state index is 13.9. The van der Waals surface area contributed by atoms with E-state index in [1.54, 1.807) is 13.8 Å². The largest absolute Gasteiger partial charge is 0.465 e. The molecule has 212 valence electrons. The molecule has 2 saturated heterocycles. The van der Waals surface area contributed by atoms with Gasteiger partial charge in [0.25, 0.3) is 0 Å². The van der Waals surface area contributed by atoms with Crippen molar-refractivity contribution in [1.82, 2.24) is 9.80 Å². The van der Waals surface area contributed by atoms with E-state index in [9.17, 15) is 24.3 Å². The molecule has 2 heterocycles. The number of Topliss-reactive ketones (excluding diaryl/α,β-unsaturated/α-hetero) is 1. The summed E-state index contributed by atoms with van der Waals surface area (Å²) in [6.07, 6.45) is -0.199. The average Bonchev–Trinajstić information content (AvgIpc) is 3.39. The van der Waals surface area contributed by atoms with Gasteiger partial charge in [-0.2, -0.15) is 0 Å². The van der Waals surface area contributed by atoms with Crippen molar-refractivity contribution in [3.8, 4) is 0 Å². The number of ether oxygens (including phenoxy) is 2. The van der Waals surface area contributed by atoms with Crippen molar-refractivity contribution in [3.05, 3.63) is 71.8 Å². The molecule has 2 aromatic rings. The molecule has 2 aromatic carbocycles. The second-order valence-electron chi connectivity index (χ2n) is 11.5. The number of hydrogen-bond acceptors (Lipinski definition) is 6. The number of rotatable bonds is 7. The SMILES string of the molecule is CC1(C)OC(CC2CC(=O)CCC2C(=O)N2C(=O)OCC2Cc2ccccc2)C(Cc2ccccc2)N1C(=O)O. The maximum Gasteiger partial charge on any atom is 0.416 e. The molecule has 3 amide bonds. The minimum Gasteiger partial charge on any atom is -0.465 e. The number of ketones is 1. The van der Waals surface area contributed by atoms with Crippen LogP contribution in [0.2, 0.25) is 0 Å². The molecule has 5 unspecified atom stereocenters. The fourth-order valence-corrected chi connectivity index (χ4v) is 6.63. The summed E-state index contributed by atoms with van der Waals surface area (Å²) < 4.78 is 11.6. The fraction of sp³-hybridized carbons (Fsp3) is 0.484. The molecule has 9 heteroatoms. The summed E-state index contributed by atoms with van der Waals surface area (Å²) >= 11 is 0. The Labute approximate surface area is 234 Å². The lowest BCUT2D eigenvalue weighted by atomic mass is 9.74. The Balaban J connectivity index is 1.38. The first-order valence-electron chi connectivity index (χ1n) is 13.9. The molecule has 1 N–H and O–H groups in total. The van der Waals surface area contributed by atoms with Crippen molar-refractivity contribution in [3.63, 3.8) is 0 Å². The molecule has 5 atom stereocenters. The fourth-order valence-electron chi connectivity index (χ4n) is 6.63. The minimum atomic E-state index is -1.08. The molecule has 3 aliphatic rings. The van der Waals surface area contributed by atoms with Gasteiger partial charge in [-0.15, -0.1) is 0 Å². The first kappa shape index (κ1) is 27.8. The third kappa shape index (κ3) is 5.75. The highest BCUT2D eigenvalue weighted by Crippen LogP contribution is 2.41. The van der Waals surface area contributed by atoms with Crippen LogP contribution in [0.15, 0.2) is 60.7 Å². The molecular formula is C31H36N2O7. The van der Waals surface area contributed by atoms with Crippen molar-refractivity contribution < 1.29 is 33.8 Å². The summed E-state index contributed by atoms with van der Waals surface area (Å²) in [5.74, 6) is -1.21. The van der Waals surface area contributed by atoms with E-state index in [0.29, 0.717) is 25.7 Å². The first-order chi connectivity index (χ1) is 19.1. The number of amides is 3. The normalized spacial score (nSPS) is 28.0. The van der Waals surface area contributed by atoms with Crippen LogP contribution in [0, 0.1) is 11.8 Å². The van der Waals surface area contributed by atoms with Gasteiger partial charge in [-0.25, -0.2) is 14.5 Å². The maximum absolute atomic E-state index is 13.9. The van der Waals surface area contributed by atoms with Crippen LogP contribution in [0.5, 0.6) is 0 Å². The topological polar surface area (TPSA) is 113 Å². The molecular weight excluding hydrogens is 512 g/mol. The molecule has 0 spiro atoms. The summed E-state index contributed by atoms with van der Waals surface area (Å²) in [6, 6.07) is 18.4. The van der Waals surface area contributed by atoms with Crippen molar-refractivity contribution in [2.75, 3.05) is 6.61 Å².